The van der Waals surface area contributed by atoms with Gasteiger partial charge in [-0.15, -0.1) is 0 Å². The summed E-state index contributed by atoms with van der Waals surface area (Å²) >= 11 is 5.84. The van der Waals surface area contributed by atoms with Crippen molar-refractivity contribution in [1.29, 1.82) is 0 Å². The molecular weight excluding hydrogens is 462 g/mol. The van der Waals surface area contributed by atoms with Gasteiger partial charge in [0.25, 0.3) is 11.8 Å². The molecule has 0 saturated carbocycles. The Morgan fingerprint density at radius 3 is 2.32 bits per heavy atom. The molecular formula is C24H20ClN3O6. The Morgan fingerprint density at radius 2 is 1.68 bits per heavy atom. The van der Waals surface area contributed by atoms with Gasteiger partial charge in [-0.05, 0) is 54.6 Å². The number of hydrogen-bond donors (Lipinski definition) is 3. The van der Waals surface area contributed by atoms with Crippen LogP contribution < -0.4 is 20.2 Å². The zero-order valence-electron chi connectivity index (χ0n) is 18.2. The highest BCUT2D eigenvalue weighted by Gasteiger charge is 2.20. The summed E-state index contributed by atoms with van der Waals surface area (Å²) in [5.41, 5.74) is 3.43. The summed E-state index contributed by atoms with van der Waals surface area (Å²) in [6.07, 6.45) is 1.19. The summed E-state index contributed by atoms with van der Waals surface area (Å²) in [5, 5.41) is 16.6. The van der Waals surface area contributed by atoms with Crippen molar-refractivity contribution in [1.82, 2.24) is 5.43 Å². The molecule has 0 aromatic heterocycles. The molecule has 3 aromatic rings. The van der Waals surface area contributed by atoms with Crippen LogP contribution in [-0.2, 0) is 0 Å². The Kier molecular flexibility index (Phi) is 7.83. The van der Waals surface area contributed by atoms with Crippen molar-refractivity contribution in [2.45, 2.75) is 0 Å². The van der Waals surface area contributed by atoms with Crippen molar-refractivity contribution in [2.75, 3.05) is 19.5 Å². The van der Waals surface area contributed by atoms with Crippen LogP contribution in [0.3, 0.4) is 0 Å². The lowest BCUT2D eigenvalue weighted by molar-refractivity contribution is 0.0692. The minimum atomic E-state index is -1.24. The number of ether oxygens (including phenoxy) is 2. The van der Waals surface area contributed by atoms with Crippen LogP contribution in [0, 0.1) is 0 Å². The summed E-state index contributed by atoms with van der Waals surface area (Å²) in [7, 11) is 2.72. The van der Waals surface area contributed by atoms with E-state index in [-0.39, 0.29) is 34.1 Å². The molecule has 0 unspecified atom stereocenters. The molecule has 3 rings (SSSR count). The van der Waals surface area contributed by atoms with Gasteiger partial charge in [0.1, 0.15) is 5.56 Å². The van der Waals surface area contributed by atoms with E-state index in [1.165, 1.54) is 38.6 Å². The molecule has 0 saturated heterocycles. The minimum Gasteiger partial charge on any atom is -0.493 e. The van der Waals surface area contributed by atoms with E-state index in [0.29, 0.717) is 16.3 Å². The molecule has 0 spiro atoms. The lowest BCUT2D eigenvalue weighted by Gasteiger charge is -2.12. The molecule has 0 bridgehead atoms. The molecule has 0 aliphatic carbocycles. The smallest absolute Gasteiger partial charge is 0.340 e. The SMILES string of the molecule is COc1ccc(/C=N\NC(=O)c2cccc(NC(=O)c3ccc(Cl)cc3)c2)c(C(=O)O)c1OC. The van der Waals surface area contributed by atoms with Crippen LogP contribution in [0.5, 0.6) is 11.5 Å². The molecule has 3 aromatic carbocycles. The van der Waals surface area contributed by atoms with Gasteiger partial charge >= 0.3 is 5.97 Å². The number of carboxylic acids is 1. The summed E-state index contributed by atoms with van der Waals surface area (Å²) < 4.78 is 10.3. The molecule has 0 atom stereocenters. The van der Waals surface area contributed by atoms with Gasteiger partial charge in [0, 0.05) is 27.4 Å². The number of carbonyl (C=O) groups excluding carboxylic acids is 2. The number of halogens is 1. The van der Waals surface area contributed by atoms with Gasteiger partial charge in [-0.1, -0.05) is 17.7 Å². The summed E-state index contributed by atoms with van der Waals surface area (Å²) in [6.45, 7) is 0. The molecule has 2 amide bonds. The van der Waals surface area contributed by atoms with Gasteiger partial charge in [-0.25, -0.2) is 10.2 Å². The third-order valence-electron chi connectivity index (χ3n) is 4.65. The largest absolute Gasteiger partial charge is 0.493 e. The van der Waals surface area contributed by atoms with E-state index in [9.17, 15) is 19.5 Å². The van der Waals surface area contributed by atoms with Crippen molar-refractivity contribution in [3.8, 4) is 11.5 Å². The van der Waals surface area contributed by atoms with E-state index in [2.05, 4.69) is 15.8 Å². The zero-order valence-corrected chi connectivity index (χ0v) is 18.9. The molecule has 0 aliphatic heterocycles. The monoisotopic (exact) mass is 481 g/mol. The zero-order chi connectivity index (χ0) is 24.7. The number of methoxy groups -OCH3 is 2. The van der Waals surface area contributed by atoms with Gasteiger partial charge in [-0.3, -0.25) is 9.59 Å². The van der Waals surface area contributed by atoms with Gasteiger partial charge in [0.2, 0.25) is 0 Å². The van der Waals surface area contributed by atoms with Gasteiger partial charge in [-0.2, -0.15) is 5.10 Å². The topological polar surface area (TPSA) is 126 Å². The fourth-order valence-corrected chi connectivity index (χ4v) is 3.16. The summed E-state index contributed by atoms with van der Waals surface area (Å²) in [5.74, 6) is -1.88. The van der Waals surface area contributed by atoms with E-state index >= 15 is 0 Å². The van der Waals surface area contributed by atoms with Crippen molar-refractivity contribution in [2.24, 2.45) is 5.10 Å². The maximum Gasteiger partial charge on any atom is 0.340 e. The number of amides is 2. The molecule has 0 radical (unpaired) electrons. The van der Waals surface area contributed by atoms with Gasteiger partial charge < -0.3 is 19.9 Å². The summed E-state index contributed by atoms with van der Waals surface area (Å²) in [4.78, 5) is 36.6. The van der Waals surface area contributed by atoms with Crippen LogP contribution >= 0.6 is 11.6 Å². The van der Waals surface area contributed by atoms with Gasteiger partial charge in [0.05, 0.1) is 20.4 Å². The van der Waals surface area contributed by atoms with Crippen LogP contribution in [0.1, 0.15) is 36.6 Å². The van der Waals surface area contributed by atoms with Crippen molar-refractivity contribution in [3.05, 3.63) is 87.9 Å². The quantitative estimate of drug-likeness (QED) is 0.329. The second-order valence-corrected chi connectivity index (χ2v) is 7.25. The van der Waals surface area contributed by atoms with Crippen molar-refractivity contribution >= 4 is 41.3 Å². The first-order valence-corrected chi connectivity index (χ1v) is 10.2. The Labute approximate surface area is 200 Å². The van der Waals surface area contributed by atoms with Crippen LogP contribution in [0.15, 0.2) is 65.8 Å². The number of carbonyl (C=O) groups is 3. The van der Waals surface area contributed by atoms with Crippen LogP contribution in [0.25, 0.3) is 0 Å². The number of nitrogens with one attached hydrogen (secondary N) is 2. The van der Waals surface area contributed by atoms with Crippen LogP contribution in [0.4, 0.5) is 5.69 Å². The number of aromatic carboxylic acids is 1. The Morgan fingerprint density at radius 1 is 0.941 bits per heavy atom. The molecule has 0 heterocycles. The second-order valence-electron chi connectivity index (χ2n) is 6.81. The maximum absolute atomic E-state index is 12.5. The number of nitrogens with zero attached hydrogens (tertiary/aromatic N) is 1. The van der Waals surface area contributed by atoms with Crippen molar-refractivity contribution < 1.29 is 29.0 Å². The van der Waals surface area contributed by atoms with E-state index in [4.69, 9.17) is 21.1 Å². The highest BCUT2D eigenvalue weighted by atomic mass is 35.5. The fraction of sp³-hybridized carbons (Fsp3) is 0.0833. The minimum absolute atomic E-state index is 0.0365. The van der Waals surface area contributed by atoms with Gasteiger partial charge in [0.15, 0.2) is 11.5 Å². The molecule has 9 nitrogen and oxygen atoms in total. The van der Waals surface area contributed by atoms with Crippen LogP contribution in [0.2, 0.25) is 5.02 Å². The van der Waals surface area contributed by atoms with E-state index in [0.717, 1.165) is 0 Å². The standard InChI is InChI=1S/C24H20ClN3O6/c1-33-19-11-8-16(20(24(31)32)21(19)34-2)13-26-28-23(30)15-4-3-5-18(12-15)27-22(29)14-6-9-17(25)10-7-14/h3-13H,1-2H3,(H,27,29)(H,28,30)(H,31,32)/b26-13-. The third-order valence-corrected chi connectivity index (χ3v) is 4.90. The van der Waals surface area contributed by atoms with E-state index in [1.54, 1.807) is 42.5 Å². The lowest BCUT2D eigenvalue weighted by Crippen LogP contribution is -2.18. The number of carboxylic acid groups (broad SMARTS) is 1. The van der Waals surface area contributed by atoms with Crippen molar-refractivity contribution in [3.63, 3.8) is 0 Å². The average Bonchev–Trinajstić information content (AvgIpc) is 2.83. The number of benzene rings is 3. The van der Waals surface area contributed by atoms with Crippen LogP contribution in [-0.4, -0.2) is 43.3 Å². The number of hydrogen-bond acceptors (Lipinski definition) is 6. The third kappa shape index (κ3) is 5.70. The molecule has 0 fully saturated rings. The number of hydrazone groups is 1. The Balaban J connectivity index is 1.73. The second kappa shape index (κ2) is 11.0. The summed E-state index contributed by atoms with van der Waals surface area (Å²) in [6, 6.07) is 15.7. The fourth-order valence-electron chi connectivity index (χ4n) is 3.04. The average molecular weight is 482 g/mol. The first-order valence-electron chi connectivity index (χ1n) is 9.82. The predicted molar refractivity (Wildman–Crippen MR) is 127 cm³/mol. The molecule has 0 aliphatic rings. The van der Waals surface area contributed by atoms with E-state index in [1.807, 2.05) is 0 Å². The first kappa shape index (κ1) is 24.3. The first-order chi connectivity index (χ1) is 16.3. The lowest BCUT2D eigenvalue weighted by atomic mass is 10.1. The highest BCUT2D eigenvalue weighted by Crippen LogP contribution is 2.32. The molecule has 34 heavy (non-hydrogen) atoms. The van der Waals surface area contributed by atoms with E-state index < -0.39 is 11.9 Å². The molecule has 10 heteroatoms. The maximum atomic E-state index is 12.5. The Bertz CT molecular complexity index is 1260. The predicted octanol–water partition coefficient (Wildman–Crippen LogP) is 4.07. The normalized spacial score (nSPS) is 10.6. The molecule has 174 valence electrons. The molecule has 3 N–H and O–H groups in total. The number of anilines is 1. The Hall–Kier alpha value is -4.37. The number of rotatable bonds is 8. The highest BCUT2D eigenvalue weighted by molar-refractivity contribution is 6.30.